The molecule has 0 spiro atoms. The van der Waals surface area contributed by atoms with E-state index in [9.17, 15) is 0 Å². The Morgan fingerprint density at radius 1 is 0.309 bits per heavy atom. The first-order chi connectivity index (χ1) is 27.0. The molecule has 55 heavy (non-hydrogen) atoms. The standard InChI is InChI=1S/C53H34O2/c1-53(2)46-18-6-3-11-36(46)37-24-21-33(29-47(37)53)52-40-16-9-14-34(31-22-25-50-44(27-31)38-12-4-7-19-48(38)54-50)42(40)30-43-35(15-10-17-41(43)52)32-23-26-51-45(28-32)39-13-5-8-20-49(39)55-51/h3-30H,1-2H3. The first-order valence-corrected chi connectivity index (χ1v) is 19.1. The number of hydrogen-bond donors (Lipinski definition) is 0. The van der Waals surface area contributed by atoms with E-state index in [1.54, 1.807) is 0 Å². The van der Waals surface area contributed by atoms with Gasteiger partial charge in [0.25, 0.3) is 0 Å². The molecule has 1 aliphatic carbocycles. The topological polar surface area (TPSA) is 26.3 Å². The molecule has 0 bridgehead atoms. The van der Waals surface area contributed by atoms with Gasteiger partial charge in [-0.2, -0.15) is 0 Å². The highest BCUT2D eigenvalue weighted by Gasteiger charge is 2.35. The van der Waals surface area contributed by atoms with Crippen LogP contribution in [0.15, 0.2) is 179 Å². The Labute approximate surface area is 317 Å². The SMILES string of the molecule is CC1(C)c2ccccc2-c2ccc(-c3c4cccc(-c5ccc6oc7ccccc7c6c5)c4cc4c(-c5ccc6oc7ccccc7c6c5)cccc34)cc21. The van der Waals surface area contributed by atoms with Crippen LogP contribution in [0.1, 0.15) is 25.0 Å². The highest BCUT2D eigenvalue weighted by molar-refractivity contribution is 6.20. The maximum absolute atomic E-state index is 6.25. The van der Waals surface area contributed by atoms with Crippen LogP contribution in [0.5, 0.6) is 0 Å². The number of para-hydroxylation sites is 2. The third kappa shape index (κ3) is 4.31. The second kappa shape index (κ2) is 11.1. The van der Waals surface area contributed by atoms with Crippen molar-refractivity contribution in [3.05, 3.63) is 181 Å². The van der Waals surface area contributed by atoms with Gasteiger partial charge in [-0.3, -0.25) is 0 Å². The van der Waals surface area contributed by atoms with Crippen LogP contribution in [-0.2, 0) is 5.41 Å². The van der Waals surface area contributed by atoms with Gasteiger partial charge < -0.3 is 8.83 Å². The zero-order chi connectivity index (χ0) is 36.4. The second-order valence-electron chi connectivity index (χ2n) is 15.6. The average Bonchev–Trinajstić information content (AvgIpc) is 3.86. The van der Waals surface area contributed by atoms with Crippen molar-refractivity contribution in [2.75, 3.05) is 0 Å². The van der Waals surface area contributed by atoms with E-state index < -0.39 is 0 Å². The third-order valence-electron chi connectivity index (χ3n) is 12.3. The molecule has 0 N–H and O–H groups in total. The van der Waals surface area contributed by atoms with Crippen LogP contribution in [0, 0.1) is 0 Å². The molecule has 1 aliphatic rings. The molecule has 12 rings (SSSR count). The summed E-state index contributed by atoms with van der Waals surface area (Å²) < 4.78 is 12.5. The van der Waals surface area contributed by atoms with Gasteiger partial charge in [0.15, 0.2) is 0 Å². The Bertz CT molecular complexity index is 3240. The number of benzene rings is 9. The summed E-state index contributed by atoms with van der Waals surface area (Å²) in [5.41, 5.74) is 16.2. The summed E-state index contributed by atoms with van der Waals surface area (Å²) in [6.45, 7) is 4.73. The molecule has 258 valence electrons. The summed E-state index contributed by atoms with van der Waals surface area (Å²) in [6.07, 6.45) is 0. The fourth-order valence-corrected chi connectivity index (χ4v) is 9.63. The molecule has 0 saturated carbocycles. The highest BCUT2D eigenvalue weighted by Crippen LogP contribution is 2.51. The maximum Gasteiger partial charge on any atom is 0.135 e. The van der Waals surface area contributed by atoms with Gasteiger partial charge in [0.1, 0.15) is 22.3 Å². The van der Waals surface area contributed by atoms with Crippen molar-refractivity contribution in [1.82, 2.24) is 0 Å². The lowest BCUT2D eigenvalue weighted by Crippen LogP contribution is -2.14. The fourth-order valence-electron chi connectivity index (χ4n) is 9.63. The molecule has 0 radical (unpaired) electrons. The Morgan fingerprint density at radius 2 is 0.782 bits per heavy atom. The molecule has 2 heterocycles. The first-order valence-electron chi connectivity index (χ1n) is 19.1. The van der Waals surface area contributed by atoms with Gasteiger partial charge in [-0.15, -0.1) is 0 Å². The van der Waals surface area contributed by atoms with E-state index in [2.05, 4.69) is 159 Å². The Balaban J connectivity index is 1.16. The number of hydrogen-bond acceptors (Lipinski definition) is 2. The van der Waals surface area contributed by atoms with Crippen LogP contribution in [0.2, 0.25) is 0 Å². The van der Waals surface area contributed by atoms with Gasteiger partial charge >= 0.3 is 0 Å². The van der Waals surface area contributed by atoms with E-state index in [1.165, 1.54) is 77.2 Å². The lowest BCUT2D eigenvalue weighted by Gasteiger charge is -2.23. The van der Waals surface area contributed by atoms with E-state index >= 15 is 0 Å². The molecule has 0 saturated heterocycles. The Morgan fingerprint density at radius 3 is 1.40 bits per heavy atom. The quantitative estimate of drug-likeness (QED) is 0.171. The van der Waals surface area contributed by atoms with Crippen LogP contribution in [0.3, 0.4) is 0 Å². The molecule has 0 amide bonds. The van der Waals surface area contributed by atoms with Crippen LogP contribution in [0.4, 0.5) is 0 Å². The van der Waals surface area contributed by atoms with Crippen molar-refractivity contribution in [3.8, 4) is 44.5 Å². The lowest BCUT2D eigenvalue weighted by atomic mass is 9.80. The van der Waals surface area contributed by atoms with Gasteiger partial charge in [0.05, 0.1) is 0 Å². The van der Waals surface area contributed by atoms with E-state index in [1.807, 2.05) is 24.3 Å². The molecule has 11 aromatic rings. The molecule has 2 heteroatoms. The minimum Gasteiger partial charge on any atom is -0.456 e. The predicted molar refractivity (Wildman–Crippen MR) is 230 cm³/mol. The first kappa shape index (κ1) is 30.6. The van der Waals surface area contributed by atoms with Crippen LogP contribution < -0.4 is 0 Å². The molecule has 2 aromatic heterocycles. The summed E-state index contributed by atoms with van der Waals surface area (Å²) in [6, 6.07) is 62.0. The van der Waals surface area contributed by atoms with Crippen molar-refractivity contribution in [2.24, 2.45) is 0 Å². The number of fused-ring (bicyclic) bond motifs is 11. The summed E-state index contributed by atoms with van der Waals surface area (Å²) in [5.74, 6) is 0. The van der Waals surface area contributed by atoms with Gasteiger partial charge in [0, 0.05) is 27.0 Å². The van der Waals surface area contributed by atoms with Crippen molar-refractivity contribution in [1.29, 1.82) is 0 Å². The molecule has 0 unspecified atom stereocenters. The predicted octanol–water partition coefficient (Wildman–Crippen LogP) is 15.1. The Kier molecular flexibility index (Phi) is 6.15. The summed E-state index contributed by atoms with van der Waals surface area (Å²) in [5, 5.41) is 9.47. The van der Waals surface area contributed by atoms with Gasteiger partial charge in [-0.25, -0.2) is 0 Å². The van der Waals surface area contributed by atoms with E-state index in [-0.39, 0.29) is 5.41 Å². The molecule has 9 aromatic carbocycles. The zero-order valence-electron chi connectivity index (χ0n) is 30.5. The second-order valence-corrected chi connectivity index (χ2v) is 15.6. The van der Waals surface area contributed by atoms with Gasteiger partial charge in [-0.1, -0.05) is 135 Å². The molecule has 0 atom stereocenters. The monoisotopic (exact) mass is 702 g/mol. The molecule has 2 nitrogen and oxygen atoms in total. The fraction of sp³-hybridized carbons (Fsp3) is 0.0566. The van der Waals surface area contributed by atoms with E-state index in [0.29, 0.717) is 0 Å². The van der Waals surface area contributed by atoms with E-state index in [4.69, 9.17) is 8.83 Å². The molecular weight excluding hydrogens is 669 g/mol. The van der Waals surface area contributed by atoms with Crippen molar-refractivity contribution in [2.45, 2.75) is 19.3 Å². The molecule has 0 aliphatic heterocycles. The minimum atomic E-state index is -0.107. The highest BCUT2D eigenvalue weighted by atomic mass is 16.3. The smallest absolute Gasteiger partial charge is 0.135 e. The van der Waals surface area contributed by atoms with Crippen molar-refractivity contribution < 1.29 is 8.83 Å². The van der Waals surface area contributed by atoms with Crippen LogP contribution in [-0.4, -0.2) is 0 Å². The molecular formula is C53H34O2. The van der Waals surface area contributed by atoms with Gasteiger partial charge in [0.2, 0.25) is 0 Å². The third-order valence-corrected chi connectivity index (χ3v) is 12.3. The number of rotatable bonds is 3. The summed E-state index contributed by atoms with van der Waals surface area (Å²) in [4.78, 5) is 0. The summed E-state index contributed by atoms with van der Waals surface area (Å²) >= 11 is 0. The van der Waals surface area contributed by atoms with Crippen LogP contribution >= 0.6 is 0 Å². The maximum atomic E-state index is 6.25. The minimum absolute atomic E-state index is 0.107. The average molecular weight is 703 g/mol. The van der Waals surface area contributed by atoms with E-state index in [0.717, 1.165) is 43.9 Å². The summed E-state index contributed by atoms with van der Waals surface area (Å²) in [7, 11) is 0. The number of furan rings is 2. The van der Waals surface area contributed by atoms with Crippen molar-refractivity contribution in [3.63, 3.8) is 0 Å². The van der Waals surface area contributed by atoms with Crippen LogP contribution in [0.25, 0.3) is 110 Å². The lowest BCUT2D eigenvalue weighted by molar-refractivity contribution is 0.660. The zero-order valence-corrected chi connectivity index (χ0v) is 30.5. The molecule has 0 fully saturated rings. The largest absolute Gasteiger partial charge is 0.456 e. The normalized spacial score (nSPS) is 13.4. The van der Waals surface area contributed by atoms with Crippen molar-refractivity contribution >= 4 is 65.4 Å². The Hall–Kier alpha value is -6.90. The van der Waals surface area contributed by atoms with Gasteiger partial charge in [-0.05, 0) is 126 Å².